The highest BCUT2D eigenvalue weighted by atomic mass is 16.2. The molecule has 0 aliphatic heterocycles. The average molecular weight is 326 g/mol. The summed E-state index contributed by atoms with van der Waals surface area (Å²) in [5.74, 6) is -0.704. The van der Waals surface area contributed by atoms with Gasteiger partial charge in [0.1, 0.15) is 0 Å². The van der Waals surface area contributed by atoms with Crippen molar-refractivity contribution in [1.82, 2.24) is 4.90 Å². The number of nitrogens with zero attached hydrogens (tertiary/aromatic N) is 1. The van der Waals surface area contributed by atoms with E-state index in [4.69, 9.17) is 0 Å². The average Bonchev–Trinajstić information content (AvgIpc) is 2.54. The van der Waals surface area contributed by atoms with Gasteiger partial charge in [-0.1, -0.05) is 12.2 Å². The Hall–Kier alpha value is -2.95. The summed E-state index contributed by atoms with van der Waals surface area (Å²) in [7, 11) is 0. The maximum Gasteiger partial charge on any atom is 0.251 e. The molecule has 1 rings (SSSR count). The van der Waals surface area contributed by atoms with Crippen molar-refractivity contribution in [2.24, 2.45) is 0 Å². The minimum atomic E-state index is -0.379. The molecule has 5 nitrogen and oxygen atoms in total. The summed E-state index contributed by atoms with van der Waals surface area (Å²) in [4.78, 5) is 37.0. The molecule has 0 radical (unpaired) electrons. The summed E-state index contributed by atoms with van der Waals surface area (Å²) in [6.45, 7) is 11.0. The predicted molar refractivity (Wildman–Crippen MR) is 95.8 cm³/mol. The second-order valence-corrected chi connectivity index (χ2v) is 5.24. The maximum absolute atomic E-state index is 12.1. The largest absolute Gasteiger partial charge is 0.332 e. The van der Waals surface area contributed by atoms with Gasteiger partial charge in [0, 0.05) is 36.0 Å². The van der Waals surface area contributed by atoms with Crippen molar-refractivity contribution in [3.8, 4) is 0 Å². The zero-order valence-electron chi connectivity index (χ0n) is 14.0. The minimum Gasteiger partial charge on any atom is -0.332 e. The van der Waals surface area contributed by atoms with Gasteiger partial charge in [-0.05, 0) is 38.1 Å². The Morgan fingerprint density at radius 3 is 2.04 bits per heavy atom. The molecule has 0 aliphatic carbocycles. The van der Waals surface area contributed by atoms with Gasteiger partial charge in [-0.25, -0.2) is 0 Å². The highest BCUT2D eigenvalue weighted by Crippen LogP contribution is 2.11. The van der Waals surface area contributed by atoms with E-state index in [2.05, 4.69) is 18.5 Å². The first kappa shape index (κ1) is 19.1. The molecule has 5 heteroatoms. The van der Waals surface area contributed by atoms with Crippen LogP contribution in [0.5, 0.6) is 0 Å². The third-order valence-electron chi connectivity index (χ3n) is 3.26. The third-order valence-corrected chi connectivity index (χ3v) is 3.26. The van der Waals surface area contributed by atoms with Crippen molar-refractivity contribution in [2.75, 3.05) is 18.4 Å². The lowest BCUT2D eigenvalue weighted by atomic mass is 10.1. The van der Waals surface area contributed by atoms with Crippen LogP contribution >= 0.6 is 0 Å². The van der Waals surface area contributed by atoms with Gasteiger partial charge in [0.05, 0.1) is 0 Å². The van der Waals surface area contributed by atoms with E-state index in [9.17, 15) is 14.4 Å². The van der Waals surface area contributed by atoms with Crippen LogP contribution in [-0.2, 0) is 9.59 Å². The van der Waals surface area contributed by atoms with E-state index >= 15 is 0 Å². The van der Waals surface area contributed by atoms with Crippen LogP contribution in [-0.4, -0.2) is 35.6 Å². The number of benzene rings is 1. The molecule has 0 heterocycles. The number of hydrogen-bond donors (Lipinski definition) is 1. The number of hydrogen-bond acceptors (Lipinski definition) is 3. The van der Waals surface area contributed by atoms with Crippen LogP contribution in [0.15, 0.2) is 61.2 Å². The summed E-state index contributed by atoms with van der Waals surface area (Å²) in [6.07, 6.45) is 4.51. The van der Waals surface area contributed by atoms with Crippen molar-refractivity contribution in [3.63, 3.8) is 0 Å². The van der Waals surface area contributed by atoms with Crippen LogP contribution in [0.3, 0.4) is 0 Å². The van der Waals surface area contributed by atoms with Gasteiger partial charge in [0.15, 0.2) is 5.78 Å². The molecular formula is C19H22N2O3. The van der Waals surface area contributed by atoms with Gasteiger partial charge >= 0.3 is 0 Å². The lowest BCUT2D eigenvalue weighted by Gasteiger charge is -2.17. The molecule has 0 unspecified atom stereocenters. The predicted octanol–water partition coefficient (Wildman–Crippen LogP) is 2.97. The van der Waals surface area contributed by atoms with Crippen molar-refractivity contribution >= 4 is 23.3 Å². The van der Waals surface area contributed by atoms with E-state index in [0.717, 1.165) is 0 Å². The molecule has 0 saturated heterocycles. The van der Waals surface area contributed by atoms with Crippen LogP contribution in [0.4, 0.5) is 5.69 Å². The lowest BCUT2D eigenvalue weighted by molar-refractivity contribution is -0.125. The Kier molecular flexibility index (Phi) is 7.36. The van der Waals surface area contributed by atoms with E-state index < -0.39 is 0 Å². The topological polar surface area (TPSA) is 66.5 Å². The van der Waals surface area contributed by atoms with E-state index in [0.29, 0.717) is 24.3 Å². The fraction of sp³-hybridized carbons (Fsp3) is 0.211. The van der Waals surface area contributed by atoms with Crippen LogP contribution in [0.1, 0.15) is 24.2 Å². The van der Waals surface area contributed by atoms with E-state index in [1.165, 1.54) is 17.9 Å². The highest BCUT2D eigenvalue weighted by molar-refractivity contribution is 6.07. The van der Waals surface area contributed by atoms with E-state index in [1.807, 2.05) is 0 Å². The van der Waals surface area contributed by atoms with Crippen LogP contribution < -0.4 is 5.32 Å². The Bertz CT molecular complexity index is 662. The van der Waals surface area contributed by atoms with Crippen molar-refractivity contribution in [3.05, 3.63) is 66.8 Å². The Balaban J connectivity index is 2.78. The number of Topliss-reactive ketones (excluding diaryl/α,β-unsaturated/α-hetero) is 1. The van der Waals surface area contributed by atoms with Crippen molar-refractivity contribution < 1.29 is 14.4 Å². The van der Waals surface area contributed by atoms with Crippen molar-refractivity contribution in [1.29, 1.82) is 0 Å². The summed E-state index contributed by atoms with van der Waals surface area (Å²) in [5, 5.41) is 2.69. The van der Waals surface area contributed by atoms with E-state index in [1.54, 1.807) is 43.3 Å². The van der Waals surface area contributed by atoms with Gasteiger partial charge in [0.25, 0.3) is 5.91 Å². The second-order valence-electron chi connectivity index (χ2n) is 5.24. The number of carbonyl (C=O) groups excluding carboxylic acids is 3. The van der Waals surface area contributed by atoms with Crippen LogP contribution in [0.2, 0.25) is 0 Å². The molecule has 0 atom stereocenters. The third kappa shape index (κ3) is 5.68. The highest BCUT2D eigenvalue weighted by Gasteiger charge is 2.12. The molecule has 0 aliphatic rings. The molecule has 24 heavy (non-hydrogen) atoms. The quantitative estimate of drug-likeness (QED) is 0.454. The van der Waals surface area contributed by atoms with Crippen LogP contribution in [0.25, 0.3) is 0 Å². The second kappa shape index (κ2) is 9.25. The van der Waals surface area contributed by atoms with Gasteiger partial charge in [-0.3, -0.25) is 14.4 Å². The number of nitrogens with one attached hydrogen (secondary N) is 1. The van der Waals surface area contributed by atoms with Gasteiger partial charge in [-0.2, -0.15) is 0 Å². The lowest BCUT2D eigenvalue weighted by Crippen LogP contribution is -2.30. The Morgan fingerprint density at radius 1 is 1.04 bits per heavy atom. The molecule has 126 valence electrons. The Morgan fingerprint density at radius 2 is 1.58 bits per heavy atom. The SMILES string of the molecule is C=CCN(CC=C)C(=O)/C=C(/C)C(=O)Nc1ccc(C(C)=O)cc1. The molecule has 2 amide bonds. The van der Waals surface area contributed by atoms with E-state index in [-0.39, 0.29) is 23.2 Å². The molecule has 0 fully saturated rings. The van der Waals surface area contributed by atoms with Crippen molar-refractivity contribution in [2.45, 2.75) is 13.8 Å². The summed E-state index contributed by atoms with van der Waals surface area (Å²) in [5.41, 5.74) is 1.41. The normalized spacial score (nSPS) is 10.7. The summed E-state index contributed by atoms with van der Waals surface area (Å²) < 4.78 is 0. The monoisotopic (exact) mass is 326 g/mol. The number of ketones is 1. The minimum absolute atomic E-state index is 0.0425. The zero-order valence-corrected chi connectivity index (χ0v) is 14.0. The van der Waals surface area contributed by atoms with Gasteiger partial charge in [-0.15, -0.1) is 13.2 Å². The molecule has 1 aromatic rings. The molecule has 0 bridgehead atoms. The maximum atomic E-state index is 12.1. The molecule has 0 spiro atoms. The van der Waals surface area contributed by atoms with Crippen LogP contribution in [0, 0.1) is 0 Å². The first-order chi connectivity index (χ1) is 11.4. The number of carbonyl (C=O) groups is 3. The molecule has 1 aromatic carbocycles. The van der Waals surface area contributed by atoms with Gasteiger partial charge < -0.3 is 10.2 Å². The molecule has 1 N–H and O–H groups in total. The number of anilines is 1. The first-order valence-electron chi connectivity index (χ1n) is 7.50. The summed E-state index contributed by atoms with van der Waals surface area (Å²) >= 11 is 0. The number of rotatable bonds is 8. The molecule has 0 aromatic heterocycles. The zero-order chi connectivity index (χ0) is 18.1. The smallest absolute Gasteiger partial charge is 0.251 e. The standard InChI is InChI=1S/C19H22N2O3/c1-5-11-21(12-6-2)18(23)13-14(3)19(24)20-17-9-7-16(8-10-17)15(4)22/h5-10,13H,1-2,11-12H2,3-4H3,(H,20,24)/b14-13-. The fourth-order valence-electron chi connectivity index (χ4n) is 1.93. The summed E-state index contributed by atoms with van der Waals surface area (Å²) in [6, 6.07) is 6.56. The van der Waals surface area contributed by atoms with Gasteiger partial charge in [0.2, 0.25) is 5.91 Å². The molecule has 0 saturated carbocycles. The molecular weight excluding hydrogens is 304 g/mol. The fourth-order valence-corrected chi connectivity index (χ4v) is 1.93. The number of amides is 2. The first-order valence-corrected chi connectivity index (χ1v) is 7.50. The Labute approximate surface area is 142 Å².